The van der Waals surface area contributed by atoms with E-state index in [1.807, 2.05) is 4.57 Å². The number of H-pyrrole nitrogens is 1. The zero-order valence-electron chi connectivity index (χ0n) is 11.3. The summed E-state index contributed by atoms with van der Waals surface area (Å²) >= 11 is 5.26. The van der Waals surface area contributed by atoms with Crippen molar-refractivity contribution in [1.29, 1.82) is 0 Å². The third kappa shape index (κ3) is 2.38. The fraction of sp³-hybridized carbons (Fsp3) is 0.429. The van der Waals surface area contributed by atoms with Gasteiger partial charge in [-0.2, -0.15) is 5.10 Å². The van der Waals surface area contributed by atoms with Gasteiger partial charge in [0.25, 0.3) is 0 Å². The summed E-state index contributed by atoms with van der Waals surface area (Å²) in [6.45, 7) is 8.60. The van der Waals surface area contributed by atoms with Crippen LogP contribution in [0.1, 0.15) is 45.2 Å². The van der Waals surface area contributed by atoms with Crippen molar-refractivity contribution in [3.8, 4) is 11.4 Å². The van der Waals surface area contributed by atoms with Crippen molar-refractivity contribution < 1.29 is 0 Å². The molecule has 0 aliphatic rings. The van der Waals surface area contributed by atoms with Crippen LogP contribution in [0.4, 0.5) is 0 Å². The van der Waals surface area contributed by atoms with Gasteiger partial charge in [-0.05, 0) is 37.5 Å². The van der Waals surface area contributed by atoms with Gasteiger partial charge in [0, 0.05) is 11.6 Å². The Labute approximate surface area is 113 Å². The van der Waals surface area contributed by atoms with E-state index in [1.165, 1.54) is 5.56 Å². The fourth-order valence-corrected chi connectivity index (χ4v) is 2.35. The van der Waals surface area contributed by atoms with Crippen molar-refractivity contribution in [3.05, 3.63) is 34.6 Å². The molecule has 0 aliphatic heterocycles. The lowest BCUT2D eigenvalue weighted by Crippen LogP contribution is -2.03. The minimum absolute atomic E-state index is 0.302. The molecule has 0 spiro atoms. The van der Waals surface area contributed by atoms with E-state index in [0.717, 1.165) is 11.4 Å². The lowest BCUT2D eigenvalue weighted by atomic mass is 10.0. The van der Waals surface area contributed by atoms with Crippen LogP contribution in [0, 0.1) is 4.77 Å². The summed E-state index contributed by atoms with van der Waals surface area (Å²) in [5.41, 5.74) is 2.43. The lowest BCUT2D eigenvalue weighted by Gasteiger charge is -2.11. The molecule has 2 aromatic rings. The predicted molar refractivity (Wildman–Crippen MR) is 77.3 cm³/mol. The first-order chi connectivity index (χ1) is 8.50. The van der Waals surface area contributed by atoms with Crippen LogP contribution in [0.15, 0.2) is 24.3 Å². The van der Waals surface area contributed by atoms with Crippen molar-refractivity contribution >= 4 is 12.2 Å². The number of nitrogens with zero attached hydrogens (tertiary/aromatic N) is 2. The first kappa shape index (κ1) is 13.0. The van der Waals surface area contributed by atoms with Crippen LogP contribution in [-0.2, 0) is 0 Å². The van der Waals surface area contributed by atoms with Gasteiger partial charge in [-0.1, -0.05) is 38.1 Å². The molecular weight excluding hydrogens is 242 g/mol. The largest absolute Gasteiger partial charge is 0.298 e. The molecule has 0 aliphatic carbocycles. The molecular formula is C14H19N3S. The van der Waals surface area contributed by atoms with E-state index in [1.54, 1.807) is 0 Å². The summed E-state index contributed by atoms with van der Waals surface area (Å²) in [6.07, 6.45) is 0. The van der Waals surface area contributed by atoms with E-state index in [4.69, 9.17) is 12.2 Å². The van der Waals surface area contributed by atoms with Gasteiger partial charge in [0.2, 0.25) is 0 Å². The number of benzene rings is 1. The minimum Gasteiger partial charge on any atom is -0.298 e. The Morgan fingerprint density at radius 3 is 2.22 bits per heavy atom. The molecule has 1 aromatic carbocycles. The van der Waals surface area contributed by atoms with Gasteiger partial charge in [0.15, 0.2) is 10.6 Å². The van der Waals surface area contributed by atoms with E-state index in [9.17, 15) is 0 Å². The highest BCUT2D eigenvalue weighted by Gasteiger charge is 2.11. The zero-order valence-corrected chi connectivity index (χ0v) is 12.1. The van der Waals surface area contributed by atoms with Crippen LogP contribution >= 0.6 is 12.2 Å². The Bertz CT molecular complexity index is 576. The van der Waals surface area contributed by atoms with Gasteiger partial charge in [-0.25, -0.2) is 0 Å². The molecule has 1 aromatic heterocycles. The molecule has 2 rings (SSSR count). The van der Waals surface area contributed by atoms with Gasteiger partial charge in [-0.15, -0.1) is 0 Å². The van der Waals surface area contributed by atoms with Gasteiger partial charge >= 0.3 is 0 Å². The molecule has 0 unspecified atom stereocenters. The molecule has 0 atom stereocenters. The van der Waals surface area contributed by atoms with E-state index < -0.39 is 0 Å². The standard InChI is InChI=1S/C14H19N3S/c1-9(2)11-5-7-12(8-6-11)13-15-16-14(18)17(13)10(3)4/h5-10H,1-4H3,(H,16,18). The predicted octanol–water partition coefficient (Wildman–Crippen LogP) is 4.31. The highest BCUT2D eigenvalue weighted by molar-refractivity contribution is 7.71. The van der Waals surface area contributed by atoms with Crippen LogP contribution in [0.2, 0.25) is 0 Å². The minimum atomic E-state index is 0.302. The molecule has 3 nitrogen and oxygen atoms in total. The lowest BCUT2D eigenvalue weighted by molar-refractivity contribution is 0.597. The molecule has 0 fully saturated rings. The first-order valence-electron chi connectivity index (χ1n) is 6.28. The van der Waals surface area contributed by atoms with Gasteiger partial charge in [-0.3, -0.25) is 9.67 Å². The van der Waals surface area contributed by atoms with E-state index in [2.05, 4.69) is 62.2 Å². The zero-order chi connectivity index (χ0) is 13.3. The molecule has 0 bridgehead atoms. The molecule has 4 heteroatoms. The summed E-state index contributed by atoms with van der Waals surface area (Å²) in [4.78, 5) is 0. The normalized spacial score (nSPS) is 11.4. The maximum absolute atomic E-state index is 5.26. The SMILES string of the molecule is CC(C)c1ccc(-c2n[nH]c(=S)n2C(C)C)cc1. The second kappa shape index (κ2) is 5.06. The molecule has 1 heterocycles. The maximum Gasteiger partial charge on any atom is 0.195 e. The Kier molecular flexibility index (Phi) is 3.66. The summed E-state index contributed by atoms with van der Waals surface area (Å²) in [7, 11) is 0. The number of hydrogen-bond donors (Lipinski definition) is 1. The van der Waals surface area contributed by atoms with E-state index >= 15 is 0 Å². The monoisotopic (exact) mass is 261 g/mol. The number of aromatic amines is 1. The molecule has 0 amide bonds. The summed E-state index contributed by atoms with van der Waals surface area (Å²) in [5.74, 6) is 1.45. The van der Waals surface area contributed by atoms with Crippen LogP contribution in [0.3, 0.4) is 0 Å². The van der Waals surface area contributed by atoms with E-state index in [0.29, 0.717) is 16.7 Å². The number of aromatic nitrogens is 3. The van der Waals surface area contributed by atoms with Crippen molar-refractivity contribution in [2.45, 2.75) is 39.7 Å². The Morgan fingerprint density at radius 2 is 1.72 bits per heavy atom. The molecule has 0 radical (unpaired) electrons. The smallest absolute Gasteiger partial charge is 0.195 e. The summed E-state index contributed by atoms with van der Waals surface area (Å²) < 4.78 is 2.72. The Hall–Kier alpha value is -1.42. The quantitative estimate of drug-likeness (QED) is 0.835. The van der Waals surface area contributed by atoms with Crippen LogP contribution in [-0.4, -0.2) is 14.8 Å². The van der Waals surface area contributed by atoms with Crippen molar-refractivity contribution in [3.63, 3.8) is 0 Å². The molecule has 96 valence electrons. The van der Waals surface area contributed by atoms with Gasteiger partial charge in [0.05, 0.1) is 0 Å². The van der Waals surface area contributed by atoms with E-state index in [-0.39, 0.29) is 0 Å². The van der Waals surface area contributed by atoms with Crippen LogP contribution in [0.25, 0.3) is 11.4 Å². The molecule has 0 saturated heterocycles. The number of rotatable bonds is 3. The maximum atomic E-state index is 5.26. The van der Waals surface area contributed by atoms with Crippen LogP contribution in [0.5, 0.6) is 0 Å². The highest BCUT2D eigenvalue weighted by atomic mass is 32.1. The summed E-state index contributed by atoms with van der Waals surface area (Å²) in [6, 6.07) is 8.83. The third-order valence-electron chi connectivity index (χ3n) is 3.06. The average Bonchev–Trinajstić information content (AvgIpc) is 2.71. The second-order valence-electron chi connectivity index (χ2n) is 5.09. The van der Waals surface area contributed by atoms with Gasteiger partial charge < -0.3 is 0 Å². The van der Waals surface area contributed by atoms with Crippen molar-refractivity contribution in [1.82, 2.24) is 14.8 Å². The number of nitrogens with one attached hydrogen (secondary N) is 1. The molecule has 18 heavy (non-hydrogen) atoms. The van der Waals surface area contributed by atoms with Crippen molar-refractivity contribution in [2.24, 2.45) is 0 Å². The van der Waals surface area contributed by atoms with Crippen molar-refractivity contribution in [2.75, 3.05) is 0 Å². The fourth-order valence-electron chi connectivity index (χ4n) is 2.00. The topological polar surface area (TPSA) is 33.6 Å². The Balaban J connectivity index is 2.46. The highest BCUT2D eigenvalue weighted by Crippen LogP contribution is 2.23. The molecule has 0 saturated carbocycles. The molecule has 1 N–H and O–H groups in total. The first-order valence-corrected chi connectivity index (χ1v) is 6.68. The number of hydrogen-bond acceptors (Lipinski definition) is 2. The Morgan fingerprint density at radius 1 is 1.11 bits per heavy atom. The van der Waals surface area contributed by atoms with Gasteiger partial charge in [0.1, 0.15) is 0 Å². The second-order valence-corrected chi connectivity index (χ2v) is 5.48. The average molecular weight is 261 g/mol. The third-order valence-corrected chi connectivity index (χ3v) is 3.34. The van der Waals surface area contributed by atoms with Crippen LogP contribution < -0.4 is 0 Å². The summed E-state index contributed by atoms with van der Waals surface area (Å²) in [5, 5.41) is 7.20.